The van der Waals surface area contributed by atoms with E-state index < -0.39 is 24.2 Å². The molecule has 1 aromatic heterocycles. The lowest BCUT2D eigenvalue weighted by atomic mass is 9.88. The van der Waals surface area contributed by atoms with E-state index in [-0.39, 0.29) is 45.2 Å². The summed E-state index contributed by atoms with van der Waals surface area (Å²) in [5.74, 6) is -0.0587. The standard InChI is InChI=1S/C31H38IN3O8/c1-3-42-18-28(38)35(10-8-22-14-20-6-4-5-7-24(20)34-22)25-15-21(31(40)33-9-11-36)16-26(29(25)39)43-30-23(32)12-19(17-37)13-27(30)41-2/h4-7,12-14,16,25-26,29,34,36-37,39H,3,8-11,15,17-18H2,1-2H3,(H,33,40). The Balaban J connectivity index is 1.67. The van der Waals surface area contributed by atoms with E-state index in [1.807, 2.05) is 30.3 Å². The van der Waals surface area contributed by atoms with E-state index in [1.165, 1.54) is 7.11 Å². The number of fused-ring (bicyclic) bond motifs is 1. The number of aliphatic hydroxyl groups is 3. The molecule has 11 nitrogen and oxygen atoms in total. The number of benzene rings is 2. The Kier molecular flexibility index (Phi) is 11.8. The number of methoxy groups -OCH3 is 1. The largest absolute Gasteiger partial charge is 0.493 e. The predicted octanol–water partition coefficient (Wildman–Crippen LogP) is 2.30. The number of amides is 2. The molecule has 1 aliphatic carbocycles. The molecule has 1 heterocycles. The number of hydrogen-bond acceptors (Lipinski definition) is 8. The molecule has 5 N–H and O–H groups in total. The second-order valence-corrected chi connectivity index (χ2v) is 11.3. The lowest BCUT2D eigenvalue weighted by Gasteiger charge is -2.40. The van der Waals surface area contributed by atoms with Crippen molar-refractivity contribution in [2.75, 3.05) is 40.0 Å². The van der Waals surface area contributed by atoms with Crippen molar-refractivity contribution in [2.45, 2.75) is 44.6 Å². The molecular weight excluding hydrogens is 669 g/mol. The number of ether oxygens (including phenoxy) is 3. The molecule has 0 aliphatic heterocycles. The van der Waals surface area contributed by atoms with Crippen molar-refractivity contribution in [3.05, 3.63) is 68.9 Å². The number of aromatic amines is 1. The minimum absolute atomic E-state index is 0.0522. The Bertz CT molecular complexity index is 1410. The van der Waals surface area contributed by atoms with Gasteiger partial charge in [0.05, 0.1) is 29.9 Å². The molecule has 0 bridgehead atoms. The molecule has 3 aromatic rings. The number of halogens is 1. The van der Waals surface area contributed by atoms with Crippen LogP contribution in [0.25, 0.3) is 10.9 Å². The summed E-state index contributed by atoms with van der Waals surface area (Å²) >= 11 is 2.06. The normalized spacial score (nSPS) is 18.3. The summed E-state index contributed by atoms with van der Waals surface area (Å²) in [5.41, 5.74) is 2.85. The molecule has 0 radical (unpaired) electrons. The average Bonchev–Trinajstić information content (AvgIpc) is 3.44. The first-order valence-electron chi connectivity index (χ1n) is 14.1. The van der Waals surface area contributed by atoms with Crippen LogP contribution in [0, 0.1) is 3.57 Å². The fourth-order valence-corrected chi connectivity index (χ4v) is 5.94. The number of rotatable bonds is 14. The number of nitrogens with one attached hydrogen (secondary N) is 2. The van der Waals surface area contributed by atoms with Crippen molar-refractivity contribution < 1.29 is 39.1 Å². The van der Waals surface area contributed by atoms with Crippen LogP contribution in [0.2, 0.25) is 0 Å². The number of aromatic nitrogens is 1. The zero-order valence-corrected chi connectivity index (χ0v) is 26.4. The second-order valence-electron chi connectivity index (χ2n) is 10.1. The summed E-state index contributed by atoms with van der Waals surface area (Å²) in [6, 6.07) is 12.5. The number of carbonyl (C=O) groups excluding carboxylic acids is 2. The van der Waals surface area contributed by atoms with Gasteiger partial charge in [-0.2, -0.15) is 0 Å². The van der Waals surface area contributed by atoms with E-state index in [2.05, 4.69) is 32.9 Å². The molecule has 2 aromatic carbocycles. The van der Waals surface area contributed by atoms with Crippen LogP contribution in [0.15, 0.2) is 54.1 Å². The maximum Gasteiger partial charge on any atom is 0.248 e. The van der Waals surface area contributed by atoms with E-state index in [1.54, 1.807) is 30.0 Å². The number of hydrogen-bond donors (Lipinski definition) is 5. The highest BCUT2D eigenvalue weighted by atomic mass is 127. The smallest absolute Gasteiger partial charge is 0.248 e. The van der Waals surface area contributed by atoms with Crippen molar-refractivity contribution in [1.82, 2.24) is 15.2 Å². The molecule has 3 atom stereocenters. The molecule has 2 amide bonds. The van der Waals surface area contributed by atoms with Gasteiger partial charge in [0.2, 0.25) is 11.8 Å². The van der Waals surface area contributed by atoms with E-state index >= 15 is 0 Å². The van der Waals surface area contributed by atoms with Gasteiger partial charge in [0, 0.05) is 49.3 Å². The SMILES string of the molecule is CCOCC(=O)N(CCc1cc2ccccc2[nH]1)C1CC(C(=O)NCCO)=CC(Oc2c(I)cc(CO)cc2OC)C1O. The topological polar surface area (TPSA) is 154 Å². The van der Waals surface area contributed by atoms with Crippen LogP contribution < -0.4 is 14.8 Å². The molecule has 0 saturated carbocycles. The van der Waals surface area contributed by atoms with Crippen molar-refractivity contribution in [3.8, 4) is 11.5 Å². The first-order chi connectivity index (χ1) is 20.8. The Morgan fingerprint density at radius 3 is 2.67 bits per heavy atom. The first kappa shape index (κ1) is 32.7. The van der Waals surface area contributed by atoms with Gasteiger partial charge < -0.3 is 44.7 Å². The van der Waals surface area contributed by atoms with E-state index in [4.69, 9.17) is 14.2 Å². The van der Waals surface area contributed by atoms with E-state index in [9.17, 15) is 24.9 Å². The highest BCUT2D eigenvalue weighted by molar-refractivity contribution is 14.1. The maximum atomic E-state index is 13.5. The summed E-state index contributed by atoms with van der Waals surface area (Å²) in [7, 11) is 1.47. The molecule has 3 unspecified atom stereocenters. The monoisotopic (exact) mass is 707 g/mol. The molecule has 12 heteroatoms. The van der Waals surface area contributed by atoms with E-state index in [0.29, 0.717) is 39.2 Å². The number of nitrogens with zero attached hydrogens (tertiary/aromatic N) is 1. The van der Waals surface area contributed by atoms with Gasteiger partial charge in [-0.1, -0.05) is 18.2 Å². The zero-order valence-electron chi connectivity index (χ0n) is 24.2. The third-order valence-electron chi connectivity index (χ3n) is 7.30. The Morgan fingerprint density at radius 1 is 1.19 bits per heavy atom. The lowest BCUT2D eigenvalue weighted by molar-refractivity contribution is -0.143. The fraction of sp³-hybridized carbons (Fsp3) is 0.419. The number of H-pyrrole nitrogens is 1. The maximum absolute atomic E-state index is 13.5. The van der Waals surface area contributed by atoms with Crippen LogP contribution in [-0.2, 0) is 27.4 Å². The number of para-hydroxylation sites is 1. The van der Waals surface area contributed by atoms with Crippen molar-refractivity contribution >= 4 is 45.3 Å². The van der Waals surface area contributed by atoms with Gasteiger partial charge >= 0.3 is 0 Å². The Morgan fingerprint density at radius 2 is 1.98 bits per heavy atom. The second kappa shape index (κ2) is 15.5. The Hall–Kier alpha value is -3.17. The van der Waals surface area contributed by atoms with Crippen LogP contribution in [0.4, 0.5) is 0 Å². The lowest BCUT2D eigenvalue weighted by Crippen LogP contribution is -2.56. The molecule has 1 aliphatic rings. The summed E-state index contributed by atoms with van der Waals surface area (Å²) in [5, 5.41) is 34.3. The van der Waals surface area contributed by atoms with Crippen LogP contribution in [0.1, 0.15) is 24.6 Å². The zero-order chi connectivity index (χ0) is 30.9. The molecular formula is C31H38IN3O8. The number of aliphatic hydroxyl groups excluding tert-OH is 3. The summed E-state index contributed by atoms with van der Waals surface area (Å²) in [6.07, 6.45) is -0.134. The van der Waals surface area contributed by atoms with Gasteiger partial charge in [0.15, 0.2) is 11.5 Å². The molecule has 43 heavy (non-hydrogen) atoms. The highest BCUT2D eigenvalue weighted by Gasteiger charge is 2.41. The van der Waals surface area contributed by atoms with Gasteiger partial charge in [-0.25, -0.2) is 0 Å². The van der Waals surface area contributed by atoms with Crippen molar-refractivity contribution in [2.24, 2.45) is 0 Å². The molecule has 4 rings (SSSR count). The predicted molar refractivity (Wildman–Crippen MR) is 169 cm³/mol. The van der Waals surface area contributed by atoms with Crippen molar-refractivity contribution in [1.29, 1.82) is 0 Å². The van der Waals surface area contributed by atoms with Crippen LogP contribution in [0.5, 0.6) is 11.5 Å². The van der Waals surface area contributed by atoms with Crippen LogP contribution in [-0.4, -0.2) is 95.3 Å². The first-order valence-corrected chi connectivity index (χ1v) is 15.2. The molecule has 0 saturated heterocycles. The van der Waals surface area contributed by atoms with E-state index in [0.717, 1.165) is 16.6 Å². The van der Waals surface area contributed by atoms with Gasteiger partial charge in [0.25, 0.3) is 0 Å². The van der Waals surface area contributed by atoms with Crippen LogP contribution >= 0.6 is 22.6 Å². The van der Waals surface area contributed by atoms with Gasteiger partial charge in [-0.05, 0) is 70.8 Å². The van der Waals surface area contributed by atoms with Gasteiger partial charge in [0.1, 0.15) is 18.8 Å². The summed E-state index contributed by atoms with van der Waals surface area (Å²) in [6.45, 7) is 1.84. The number of carbonyl (C=O) groups is 2. The quantitative estimate of drug-likeness (QED) is 0.160. The Labute approximate surface area is 264 Å². The fourth-order valence-electron chi connectivity index (χ4n) is 5.15. The third kappa shape index (κ3) is 8.06. The molecule has 0 spiro atoms. The van der Waals surface area contributed by atoms with Gasteiger partial charge in [-0.15, -0.1) is 0 Å². The summed E-state index contributed by atoms with van der Waals surface area (Å²) < 4.78 is 17.9. The molecule has 232 valence electrons. The summed E-state index contributed by atoms with van der Waals surface area (Å²) in [4.78, 5) is 31.6. The highest BCUT2D eigenvalue weighted by Crippen LogP contribution is 2.37. The van der Waals surface area contributed by atoms with Crippen molar-refractivity contribution in [3.63, 3.8) is 0 Å². The minimum atomic E-state index is -1.21. The molecule has 0 fully saturated rings. The third-order valence-corrected chi connectivity index (χ3v) is 8.10. The van der Waals surface area contributed by atoms with Gasteiger partial charge in [-0.3, -0.25) is 9.59 Å². The minimum Gasteiger partial charge on any atom is -0.493 e. The average molecular weight is 708 g/mol. The van der Waals surface area contributed by atoms with Crippen LogP contribution in [0.3, 0.4) is 0 Å².